The maximum absolute atomic E-state index is 9.36. The fraction of sp³-hybridized carbons (Fsp3) is 0.933. The van der Waals surface area contributed by atoms with Crippen molar-refractivity contribution >= 4 is 0 Å². The van der Waals surface area contributed by atoms with Gasteiger partial charge in [-0.15, -0.1) is 0 Å². The first kappa shape index (κ1) is 13.8. The molecule has 0 aromatic heterocycles. The molecule has 1 atom stereocenters. The van der Waals surface area contributed by atoms with Crippen molar-refractivity contribution < 1.29 is 0 Å². The fourth-order valence-electron chi connectivity index (χ4n) is 2.66. The van der Waals surface area contributed by atoms with Crippen LogP contribution in [-0.2, 0) is 0 Å². The third kappa shape index (κ3) is 4.26. The predicted molar refractivity (Wildman–Crippen MR) is 74.2 cm³/mol. The number of nitriles is 1. The largest absolute Gasteiger partial charge is 0.300 e. The van der Waals surface area contributed by atoms with Gasteiger partial charge in [-0.25, -0.2) is 0 Å². The minimum atomic E-state index is -0.370. The SMILES string of the molecule is CC(C)NC(C)(C#N)CCN(CC1CC1)C1CC1. The molecule has 102 valence electrons. The molecule has 3 nitrogen and oxygen atoms in total. The first-order valence-electron chi connectivity index (χ1n) is 7.45. The lowest BCUT2D eigenvalue weighted by molar-refractivity contribution is 0.224. The zero-order chi connectivity index (χ0) is 13.2. The van der Waals surface area contributed by atoms with Crippen LogP contribution in [-0.4, -0.2) is 35.6 Å². The average molecular weight is 249 g/mol. The van der Waals surface area contributed by atoms with Gasteiger partial charge in [0.05, 0.1) is 6.07 Å². The maximum atomic E-state index is 9.36. The van der Waals surface area contributed by atoms with Crippen molar-refractivity contribution in [2.75, 3.05) is 13.1 Å². The Morgan fingerprint density at radius 3 is 2.44 bits per heavy atom. The highest BCUT2D eigenvalue weighted by molar-refractivity contribution is 5.05. The predicted octanol–water partition coefficient (Wildman–Crippen LogP) is 2.53. The van der Waals surface area contributed by atoms with E-state index in [0.717, 1.165) is 24.9 Å². The van der Waals surface area contributed by atoms with Gasteiger partial charge in [0.1, 0.15) is 5.54 Å². The Hall–Kier alpha value is -0.590. The molecule has 0 bridgehead atoms. The quantitative estimate of drug-likeness (QED) is 0.718. The van der Waals surface area contributed by atoms with E-state index in [0.29, 0.717) is 6.04 Å². The summed E-state index contributed by atoms with van der Waals surface area (Å²) >= 11 is 0. The third-order valence-electron chi connectivity index (χ3n) is 4.01. The van der Waals surface area contributed by atoms with Gasteiger partial charge < -0.3 is 4.90 Å². The van der Waals surface area contributed by atoms with Crippen molar-refractivity contribution in [1.29, 1.82) is 5.26 Å². The number of nitrogens with zero attached hydrogens (tertiary/aromatic N) is 2. The minimum Gasteiger partial charge on any atom is -0.300 e. The van der Waals surface area contributed by atoms with E-state index in [1.807, 2.05) is 6.92 Å². The molecule has 2 fully saturated rings. The van der Waals surface area contributed by atoms with E-state index in [1.165, 1.54) is 32.2 Å². The molecular formula is C15H27N3. The van der Waals surface area contributed by atoms with Gasteiger partial charge in [0.15, 0.2) is 0 Å². The van der Waals surface area contributed by atoms with Gasteiger partial charge in [-0.2, -0.15) is 5.26 Å². The summed E-state index contributed by atoms with van der Waals surface area (Å²) in [6, 6.07) is 3.65. The zero-order valence-corrected chi connectivity index (χ0v) is 12.1. The van der Waals surface area contributed by atoms with E-state index in [-0.39, 0.29) is 5.54 Å². The number of hydrogen-bond donors (Lipinski definition) is 1. The van der Waals surface area contributed by atoms with E-state index >= 15 is 0 Å². The summed E-state index contributed by atoms with van der Waals surface area (Å²) in [6.07, 6.45) is 6.51. The molecule has 0 heterocycles. The van der Waals surface area contributed by atoms with Gasteiger partial charge in [-0.3, -0.25) is 5.32 Å². The number of nitrogens with one attached hydrogen (secondary N) is 1. The summed E-state index contributed by atoms with van der Waals surface area (Å²) in [4.78, 5) is 2.63. The molecule has 0 aliphatic heterocycles. The fourth-order valence-corrected chi connectivity index (χ4v) is 2.66. The minimum absolute atomic E-state index is 0.368. The number of rotatable bonds is 8. The molecule has 2 saturated carbocycles. The first-order chi connectivity index (χ1) is 8.52. The summed E-state index contributed by atoms with van der Waals surface area (Å²) in [6.45, 7) is 8.60. The molecule has 2 rings (SSSR count). The van der Waals surface area contributed by atoms with Crippen LogP contribution in [0.1, 0.15) is 52.9 Å². The smallest absolute Gasteiger partial charge is 0.105 e. The van der Waals surface area contributed by atoms with Gasteiger partial charge >= 0.3 is 0 Å². The van der Waals surface area contributed by atoms with E-state index < -0.39 is 0 Å². The Morgan fingerprint density at radius 1 is 1.33 bits per heavy atom. The van der Waals surface area contributed by atoms with Crippen LogP contribution >= 0.6 is 0 Å². The van der Waals surface area contributed by atoms with Gasteiger partial charge in [-0.1, -0.05) is 0 Å². The summed E-state index contributed by atoms with van der Waals surface area (Å²) < 4.78 is 0. The van der Waals surface area contributed by atoms with Crippen molar-refractivity contribution in [3.63, 3.8) is 0 Å². The van der Waals surface area contributed by atoms with E-state index in [1.54, 1.807) is 0 Å². The second-order valence-electron chi connectivity index (χ2n) is 6.66. The Labute approximate surface area is 112 Å². The van der Waals surface area contributed by atoms with Crippen LogP contribution in [0.3, 0.4) is 0 Å². The lowest BCUT2D eigenvalue weighted by atomic mass is 9.98. The van der Waals surface area contributed by atoms with Crippen molar-refractivity contribution in [2.45, 2.75) is 70.5 Å². The lowest BCUT2D eigenvalue weighted by Gasteiger charge is -2.30. The van der Waals surface area contributed by atoms with Crippen LogP contribution in [0.2, 0.25) is 0 Å². The molecule has 0 radical (unpaired) electrons. The second kappa shape index (κ2) is 5.59. The third-order valence-corrected chi connectivity index (χ3v) is 4.01. The highest BCUT2D eigenvalue weighted by atomic mass is 15.2. The van der Waals surface area contributed by atoms with Crippen molar-refractivity contribution in [3.8, 4) is 6.07 Å². The molecule has 1 N–H and O–H groups in total. The Kier molecular flexibility index (Phi) is 4.29. The van der Waals surface area contributed by atoms with E-state index in [2.05, 4.69) is 30.1 Å². The average Bonchev–Trinajstić information content (AvgIpc) is 3.14. The molecule has 0 aromatic carbocycles. The van der Waals surface area contributed by atoms with Crippen LogP contribution in [0.15, 0.2) is 0 Å². The molecule has 0 aromatic rings. The highest BCUT2D eigenvalue weighted by Gasteiger charge is 2.35. The molecular weight excluding hydrogens is 222 g/mol. The topological polar surface area (TPSA) is 39.1 Å². The monoisotopic (exact) mass is 249 g/mol. The van der Waals surface area contributed by atoms with E-state index in [9.17, 15) is 5.26 Å². The van der Waals surface area contributed by atoms with Crippen LogP contribution < -0.4 is 5.32 Å². The van der Waals surface area contributed by atoms with Gasteiger partial charge in [0, 0.05) is 25.2 Å². The Morgan fingerprint density at radius 2 is 2.00 bits per heavy atom. The van der Waals surface area contributed by atoms with Crippen LogP contribution in [0, 0.1) is 17.2 Å². The molecule has 0 spiro atoms. The van der Waals surface area contributed by atoms with Crippen LogP contribution in [0.4, 0.5) is 0 Å². The Bertz CT molecular complexity index is 312. The first-order valence-corrected chi connectivity index (χ1v) is 7.45. The molecule has 1 unspecified atom stereocenters. The van der Waals surface area contributed by atoms with Gasteiger partial charge in [0.2, 0.25) is 0 Å². The van der Waals surface area contributed by atoms with E-state index in [4.69, 9.17) is 0 Å². The molecule has 18 heavy (non-hydrogen) atoms. The summed E-state index contributed by atoms with van der Waals surface area (Å²) in [7, 11) is 0. The van der Waals surface area contributed by atoms with Crippen molar-refractivity contribution in [2.24, 2.45) is 5.92 Å². The molecule has 2 aliphatic carbocycles. The maximum Gasteiger partial charge on any atom is 0.105 e. The summed E-state index contributed by atoms with van der Waals surface area (Å²) in [5, 5.41) is 12.8. The summed E-state index contributed by atoms with van der Waals surface area (Å²) in [5.74, 6) is 0.956. The van der Waals surface area contributed by atoms with Gasteiger partial charge in [-0.05, 0) is 58.8 Å². The molecule has 0 saturated heterocycles. The normalized spacial score (nSPS) is 23.1. The molecule has 0 amide bonds. The standard InChI is InChI=1S/C15H27N3/c1-12(2)17-15(3,11-16)8-9-18(14-6-7-14)10-13-4-5-13/h12-14,17H,4-10H2,1-3H3. The molecule has 3 heteroatoms. The van der Waals surface area contributed by atoms with Crippen molar-refractivity contribution in [1.82, 2.24) is 10.2 Å². The van der Waals surface area contributed by atoms with Gasteiger partial charge in [0.25, 0.3) is 0 Å². The highest BCUT2D eigenvalue weighted by Crippen LogP contribution is 2.35. The zero-order valence-electron chi connectivity index (χ0n) is 12.1. The van der Waals surface area contributed by atoms with Crippen molar-refractivity contribution in [3.05, 3.63) is 0 Å². The summed E-state index contributed by atoms with van der Waals surface area (Å²) in [5.41, 5.74) is -0.370. The second-order valence-corrected chi connectivity index (χ2v) is 6.66. The van der Waals surface area contributed by atoms with Crippen LogP contribution in [0.5, 0.6) is 0 Å². The molecule has 2 aliphatic rings. The Balaban J connectivity index is 1.80. The number of hydrogen-bond acceptors (Lipinski definition) is 3. The lowest BCUT2D eigenvalue weighted by Crippen LogP contribution is -2.47. The van der Waals surface area contributed by atoms with Crippen LogP contribution in [0.25, 0.3) is 0 Å².